The van der Waals surface area contributed by atoms with Gasteiger partial charge >= 0.3 is 24.9 Å². The normalized spacial score (nSPS) is 12.2. The van der Waals surface area contributed by atoms with Crippen molar-refractivity contribution in [3.8, 4) is 0 Å². The second-order valence-electron chi connectivity index (χ2n) is 1.62. The molecule has 0 atom stereocenters. The second kappa shape index (κ2) is 4.15. The Kier molecular flexibility index (Phi) is 4.79. The second-order valence-corrected chi connectivity index (χ2v) is 4.87. The first kappa shape index (κ1) is 15.0. The van der Waals surface area contributed by atoms with Gasteiger partial charge < -0.3 is 0 Å². The molecule has 0 spiro atoms. The maximum atomic E-state index is 9.99. The molecule has 0 saturated heterocycles. The topological polar surface area (TPSA) is 152 Å². The van der Waals surface area contributed by atoms with E-state index in [2.05, 4.69) is 0 Å². The molecule has 0 aromatic carbocycles. The zero-order chi connectivity index (χ0) is 10.2. The molecule has 0 saturated carbocycles. The van der Waals surface area contributed by atoms with Crippen LogP contribution < -0.4 is 0 Å². The summed E-state index contributed by atoms with van der Waals surface area (Å²) in [5.41, 5.74) is 0. The Bertz CT molecular complexity index is 346. The zero-order valence-corrected chi connectivity index (χ0v) is 8.04. The first-order chi connectivity index (χ1) is 5.07. The summed E-state index contributed by atoms with van der Waals surface area (Å²) >= 11 is 0. The Morgan fingerprint density at radius 3 is 1.31 bits per heavy atom. The molecule has 0 aromatic rings. The van der Waals surface area contributed by atoms with Crippen molar-refractivity contribution in [3.63, 3.8) is 0 Å². The summed E-state index contributed by atoms with van der Waals surface area (Å²) in [5, 5.41) is 9.72. The van der Waals surface area contributed by atoms with Crippen molar-refractivity contribution < 1.29 is 30.9 Å². The van der Waals surface area contributed by atoms with E-state index in [0.29, 0.717) is 0 Å². The van der Waals surface area contributed by atoms with E-state index in [4.69, 9.17) is 9.11 Å². The molecular weight excluding hydrogens is 254 g/mol. The quantitative estimate of drug-likeness (QED) is 0.361. The Morgan fingerprint density at radius 1 is 1.08 bits per heavy atom. The summed E-state index contributed by atoms with van der Waals surface area (Å²) < 4.78 is 52.5. The highest BCUT2D eigenvalue weighted by Crippen LogP contribution is 2.06. The number of halogens is 1. The molecule has 0 aliphatic heterocycles. The van der Waals surface area contributed by atoms with Crippen molar-refractivity contribution in [3.05, 3.63) is 10.1 Å². The van der Waals surface area contributed by atoms with Gasteiger partial charge in [0.25, 0.3) is 0 Å². The molecule has 0 bridgehead atoms. The van der Waals surface area contributed by atoms with E-state index in [0.717, 1.165) is 0 Å². The number of hydrogen-bond donors (Lipinski definition) is 2. The van der Waals surface area contributed by atoms with Gasteiger partial charge in [-0.1, -0.05) is 0 Å². The van der Waals surface area contributed by atoms with E-state index in [1.807, 2.05) is 0 Å². The summed E-state index contributed by atoms with van der Waals surface area (Å²) in [4.78, 5) is 7.88. The fourth-order valence-electron chi connectivity index (χ4n) is 0.371. The van der Waals surface area contributed by atoms with E-state index in [9.17, 15) is 26.9 Å². The zero-order valence-electron chi connectivity index (χ0n) is 5.59. The third kappa shape index (κ3) is 4.33. The van der Waals surface area contributed by atoms with E-state index in [-0.39, 0.29) is 12.4 Å². The molecule has 0 radical (unpaired) electrons. The molecule has 0 aliphatic carbocycles. The number of nitrogens with zero attached hydrogens (tertiary/aromatic N) is 1. The molecule has 0 heterocycles. The lowest BCUT2D eigenvalue weighted by molar-refractivity contribution is -0.476. The van der Waals surface area contributed by atoms with Gasteiger partial charge in [-0.15, -0.1) is 12.4 Å². The van der Waals surface area contributed by atoms with E-state index < -0.39 is 29.9 Å². The third-order valence-corrected chi connectivity index (χ3v) is 3.50. The van der Waals surface area contributed by atoms with Crippen LogP contribution in [-0.4, -0.2) is 35.6 Å². The van der Waals surface area contributed by atoms with Gasteiger partial charge in [-0.2, -0.15) is 16.8 Å². The minimum Gasteiger partial charge on any atom is -0.279 e. The van der Waals surface area contributed by atoms with Crippen molar-refractivity contribution in [2.24, 2.45) is 0 Å². The lowest BCUT2D eigenvalue weighted by Crippen LogP contribution is -2.36. The minimum atomic E-state index is -5.46. The largest absolute Gasteiger partial charge is 0.453 e. The van der Waals surface area contributed by atoms with Crippen LogP contribution in [0.15, 0.2) is 0 Å². The van der Waals surface area contributed by atoms with Crippen LogP contribution in [0.2, 0.25) is 0 Å². The van der Waals surface area contributed by atoms with E-state index >= 15 is 0 Å². The third-order valence-electron chi connectivity index (χ3n) is 0.682. The predicted molar refractivity (Wildman–Crippen MR) is 41.1 cm³/mol. The fourth-order valence-corrected chi connectivity index (χ4v) is 2.04. The highest BCUT2D eigenvalue weighted by molar-refractivity contribution is 8.03. The molecule has 2 N–H and O–H groups in total. The summed E-state index contributed by atoms with van der Waals surface area (Å²) in [6.45, 7) is 0. The van der Waals surface area contributed by atoms with Gasteiger partial charge in [-0.3, -0.25) is 19.2 Å². The summed E-state index contributed by atoms with van der Waals surface area (Å²) in [6, 6.07) is 0. The molecule has 0 rings (SSSR count). The SMILES string of the molecule is Cl.O=[N+]([O-])C(S(=O)(=O)O)S(=O)(=O)O. The van der Waals surface area contributed by atoms with Gasteiger partial charge in [0.15, 0.2) is 0 Å². The standard InChI is InChI=1S/CH3NO8S2.ClH/c3-2(4)1(11(5,6)7)12(8,9)10;/h1H,(H,5,6,7)(H,8,9,10);1H. The summed E-state index contributed by atoms with van der Waals surface area (Å²) in [5.74, 6) is 0. The number of hydrogen-bond acceptors (Lipinski definition) is 6. The molecule has 0 aliphatic rings. The van der Waals surface area contributed by atoms with Gasteiger partial charge in [-0.05, 0) is 0 Å². The molecule has 13 heavy (non-hydrogen) atoms. The summed E-state index contributed by atoms with van der Waals surface area (Å²) in [6.07, 6.45) is 0. The Balaban J connectivity index is 0. The highest BCUT2D eigenvalue weighted by Gasteiger charge is 2.46. The number of nitro groups is 1. The van der Waals surface area contributed by atoms with Crippen LogP contribution in [0.1, 0.15) is 0 Å². The average Bonchev–Trinajstić information content (AvgIpc) is 1.49. The molecular formula is CH4ClNO8S2. The molecule has 12 heteroatoms. The molecule has 0 fully saturated rings. The van der Waals surface area contributed by atoms with Crippen molar-refractivity contribution in [1.29, 1.82) is 0 Å². The molecule has 9 nitrogen and oxygen atoms in total. The van der Waals surface area contributed by atoms with Gasteiger partial charge in [0.2, 0.25) is 0 Å². The van der Waals surface area contributed by atoms with Crippen molar-refractivity contribution in [2.75, 3.05) is 0 Å². The van der Waals surface area contributed by atoms with Crippen molar-refractivity contribution >= 4 is 32.6 Å². The van der Waals surface area contributed by atoms with E-state index in [1.165, 1.54) is 0 Å². The highest BCUT2D eigenvalue weighted by atomic mass is 35.5. The minimum absolute atomic E-state index is 0. The number of rotatable bonds is 3. The predicted octanol–water partition coefficient (Wildman–Crippen LogP) is -1.26. The first-order valence-electron chi connectivity index (χ1n) is 2.13. The molecule has 80 valence electrons. The fraction of sp³-hybridized carbons (Fsp3) is 1.00. The summed E-state index contributed by atoms with van der Waals surface area (Å²) in [7, 11) is -10.9. The van der Waals surface area contributed by atoms with Crippen LogP contribution in [0.25, 0.3) is 0 Å². The Morgan fingerprint density at radius 2 is 1.31 bits per heavy atom. The van der Waals surface area contributed by atoms with Gasteiger partial charge in [-0.25, -0.2) is 0 Å². The van der Waals surface area contributed by atoms with Crippen LogP contribution in [0.3, 0.4) is 0 Å². The maximum absolute atomic E-state index is 9.99. The average molecular weight is 258 g/mol. The maximum Gasteiger partial charge on any atom is 0.453 e. The van der Waals surface area contributed by atoms with Crippen molar-refractivity contribution in [2.45, 2.75) is 4.71 Å². The van der Waals surface area contributed by atoms with Crippen LogP contribution >= 0.6 is 12.4 Å². The van der Waals surface area contributed by atoms with Gasteiger partial charge in [0, 0.05) is 0 Å². The molecule has 0 amide bonds. The van der Waals surface area contributed by atoms with Crippen LogP contribution in [0, 0.1) is 10.1 Å². The lowest BCUT2D eigenvalue weighted by Gasteiger charge is -2.00. The van der Waals surface area contributed by atoms with Gasteiger partial charge in [0.1, 0.15) is 0 Å². The lowest BCUT2D eigenvalue weighted by atomic mass is 11.5. The van der Waals surface area contributed by atoms with E-state index in [1.54, 1.807) is 0 Å². The van der Waals surface area contributed by atoms with Crippen LogP contribution in [-0.2, 0) is 20.2 Å². The van der Waals surface area contributed by atoms with Crippen LogP contribution in [0.4, 0.5) is 0 Å². The Labute approximate surface area is 78.8 Å². The monoisotopic (exact) mass is 257 g/mol. The van der Waals surface area contributed by atoms with Crippen molar-refractivity contribution in [1.82, 2.24) is 0 Å². The van der Waals surface area contributed by atoms with Gasteiger partial charge in [0.05, 0.1) is 4.92 Å². The Hall–Kier alpha value is -0.490. The first-order valence-corrected chi connectivity index (χ1v) is 5.13. The molecule has 0 unspecified atom stereocenters. The van der Waals surface area contributed by atoms with Crippen LogP contribution in [0.5, 0.6) is 0 Å². The molecule has 0 aromatic heterocycles. The smallest absolute Gasteiger partial charge is 0.279 e.